The Balaban J connectivity index is 1.01. The van der Waals surface area contributed by atoms with Gasteiger partial charge in [-0.05, 0) is 129 Å². The van der Waals surface area contributed by atoms with Crippen LogP contribution in [0.25, 0.3) is 6.08 Å². The van der Waals surface area contributed by atoms with Crippen LogP contribution in [-0.4, -0.2) is 312 Å². The number of allylic oxidation sites excluding steroid dienone is 1. The molecule has 5 saturated heterocycles. The van der Waals surface area contributed by atoms with Crippen LogP contribution in [0.4, 0.5) is 0 Å². The van der Waals surface area contributed by atoms with Crippen molar-refractivity contribution in [1.29, 1.82) is 0 Å². The zero-order chi connectivity index (χ0) is 77.4. The molecule has 0 amide bonds. The molecule has 34 heteroatoms. The van der Waals surface area contributed by atoms with Crippen LogP contribution < -0.4 is 9.47 Å². The molecule has 4 unspecified atom stereocenters. The number of ether oxygens (including phenoxy) is 14. The molecule has 10 aliphatic rings. The van der Waals surface area contributed by atoms with E-state index in [1.807, 2.05) is 13.0 Å². The predicted molar refractivity (Wildman–Crippen MR) is 355 cm³/mol. The van der Waals surface area contributed by atoms with Gasteiger partial charge in [-0.1, -0.05) is 45.4 Å². The lowest BCUT2D eigenvalue weighted by Crippen LogP contribution is -2.69. The monoisotopic (exact) mass is 1510 g/mol. The molecular formula is C72H106O34. The van der Waals surface area contributed by atoms with Gasteiger partial charge in [0.2, 0.25) is 6.29 Å². The minimum Gasteiger partial charge on any atom is -0.493 e. The van der Waals surface area contributed by atoms with Crippen molar-refractivity contribution in [3.8, 4) is 11.5 Å². The molecule has 0 bridgehead atoms. The Morgan fingerprint density at radius 1 is 0.566 bits per heavy atom. The average Bonchev–Trinajstić information content (AvgIpc) is 0.673. The molecule has 5 aliphatic carbocycles. The topological polar surface area (TPSA) is 521 Å². The summed E-state index contributed by atoms with van der Waals surface area (Å²) < 4.78 is 84.6. The van der Waals surface area contributed by atoms with E-state index in [2.05, 4.69) is 20.8 Å². The first kappa shape index (κ1) is 82.2. The summed E-state index contributed by atoms with van der Waals surface area (Å²) in [4.78, 5) is 56.7. The van der Waals surface area contributed by atoms with E-state index in [1.54, 1.807) is 12.1 Å². The zero-order valence-electron chi connectivity index (χ0n) is 60.6. The number of carbonyl (C=O) groups excluding carboxylic acids is 3. The Hall–Kier alpha value is -4.78. The first-order chi connectivity index (χ1) is 50.0. The average molecular weight is 1520 g/mol. The lowest BCUT2D eigenvalue weighted by atomic mass is 9.34. The molecular weight excluding hydrogens is 1410 g/mol. The van der Waals surface area contributed by atoms with E-state index in [1.165, 1.54) is 40.2 Å². The summed E-state index contributed by atoms with van der Waals surface area (Å²) >= 11 is 0. The van der Waals surface area contributed by atoms with Crippen molar-refractivity contribution < 1.29 is 167 Å². The third-order valence-corrected chi connectivity index (χ3v) is 25.2. The van der Waals surface area contributed by atoms with Crippen molar-refractivity contribution in [2.45, 2.75) is 272 Å². The summed E-state index contributed by atoms with van der Waals surface area (Å²) in [6, 6.07) is 4.68. The van der Waals surface area contributed by atoms with Gasteiger partial charge in [0.1, 0.15) is 110 Å². The molecule has 598 valence electrons. The van der Waals surface area contributed by atoms with Crippen molar-refractivity contribution in [3.05, 3.63) is 41.5 Å². The highest BCUT2D eigenvalue weighted by Gasteiger charge is 2.72. The van der Waals surface area contributed by atoms with Crippen LogP contribution in [0, 0.1) is 50.7 Å². The van der Waals surface area contributed by atoms with Gasteiger partial charge < -0.3 is 148 Å². The number of rotatable bonds is 21. The lowest BCUT2D eigenvalue weighted by molar-refractivity contribution is -0.393. The molecule has 1 aromatic rings. The number of hydrogen-bond donors (Lipinski definition) is 16. The largest absolute Gasteiger partial charge is 0.493 e. The summed E-state index contributed by atoms with van der Waals surface area (Å²) in [7, 11) is 2.81. The maximum absolute atomic E-state index is 16.5. The van der Waals surface area contributed by atoms with E-state index >= 15 is 4.79 Å². The van der Waals surface area contributed by atoms with Crippen LogP contribution in [-0.2, 0) is 76.0 Å². The fourth-order valence-corrected chi connectivity index (χ4v) is 19.2. The molecule has 9 fully saturated rings. The molecule has 0 aromatic heterocycles. The van der Waals surface area contributed by atoms with E-state index in [-0.39, 0.29) is 49.9 Å². The predicted octanol–water partition coefficient (Wildman–Crippen LogP) is -2.69. The normalized spacial score (nSPS) is 47.2. The Kier molecular flexibility index (Phi) is 24.9. The summed E-state index contributed by atoms with van der Waals surface area (Å²) in [6.45, 7) is 8.96. The number of carbonyl (C=O) groups is 4. The third-order valence-electron chi connectivity index (χ3n) is 25.2. The van der Waals surface area contributed by atoms with E-state index in [9.17, 15) is 96.1 Å². The SMILES string of the molecule is COc1ccc(/C=C/C(=O)O[C@@H]2[C@H](O[C@@H]3O[C@H](COC(C)=O)[C@@H](O)[C@H](O)[C@H]3O)[C@@H](O[C@@H]3O[C@@H](C)[C@H](O[C@H]4O[C@@H](CO)[C@H](O)[C@@H](O)[C@@H]4O)[C@@H](O)[C@H]3O)[C@H](OC(=O)C3C4CC[C@]5(C)[C@H](CC=C6[C@@H]7CC(C)(C)CCC7(C(=O)O)CC[C@]65CO)[C@@]4(C)C[C@H](O)[C@@H]3OC3O[C@@H](CO)[C@H](O)[C@@H](O)[C@@H]3O)O[C@@H]2C)cc1OC. The zero-order valence-corrected chi connectivity index (χ0v) is 60.6. The van der Waals surface area contributed by atoms with E-state index in [0.717, 1.165) is 18.6 Å². The van der Waals surface area contributed by atoms with Gasteiger partial charge in [-0.2, -0.15) is 0 Å². The van der Waals surface area contributed by atoms with E-state index in [0.29, 0.717) is 37.0 Å². The molecule has 106 heavy (non-hydrogen) atoms. The molecule has 11 rings (SSSR count). The summed E-state index contributed by atoms with van der Waals surface area (Å²) in [5, 5.41) is 181. The Bertz CT molecular complexity index is 3320. The minimum absolute atomic E-state index is 0.103. The molecule has 0 spiro atoms. The van der Waals surface area contributed by atoms with E-state index < -0.39 is 255 Å². The summed E-state index contributed by atoms with van der Waals surface area (Å²) in [6.07, 6.45) is -45.0. The van der Waals surface area contributed by atoms with Crippen molar-refractivity contribution in [2.75, 3.05) is 40.6 Å². The number of methoxy groups -OCH3 is 2. The molecule has 4 saturated carbocycles. The minimum atomic E-state index is -2.29. The van der Waals surface area contributed by atoms with Crippen molar-refractivity contribution in [3.63, 3.8) is 0 Å². The van der Waals surface area contributed by atoms with Crippen molar-refractivity contribution in [1.82, 2.24) is 0 Å². The van der Waals surface area contributed by atoms with Gasteiger partial charge in [0.15, 0.2) is 48.9 Å². The van der Waals surface area contributed by atoms with Crippen LogP contribution in [0.2, 0.25) is 0 Å². The van der Waals surface area contributed by atoms with Crippen LogP contribution in [0.1, 0.15) is 112 Å². The molecule has 16 N–H and O–H groups in total. The second-order valence-electron chi connectivity index (χ2n) is 31.7. The Morgan fingerprint density at radius 3 is 1.67 bits per heavy atom. The quantitative estimate of drug-likeness (QED) is 0.0196. The first-order valence-corrected chi connectivity index (χ1v) is 36.3. The second-order valence-corrected chi connectivity index (χ2v) is 31.7. The van der Waals surface area contributed by atoms with Crippen LogP contribution in [0.15, 0.2) is 35.9 Å². The fourth-order valence-electron chi connectivity index (χ4n) is 19.2. The van der Waals surface area contributed by atoms with Crippen LogP contribution in [0.5, 0.6) is 11.5 Å². The lowest BCUT2D eigenvalue weighted by Gasteiger charge is -2.70. The van der Waals surface area contributed by atoms with E-state index in [4.69, 9.17) is 66.3 Å². The highest BCUT2D eigenvalue weighted by Crippen LogP contribution is 2.75. The highest BCUT2D eigenvalue weighted by atomic mass is 16.8. The van der Waals surface area contributed by atoms with Gasteiger partial charge in [0.05, 0.1) is 63.7 Å². The molecule has 1 aromatic carbocycles. The van der Waals surface area contributed by atoms with Crippen LogP contribution >= 0.6 is 0 Å². The van der Waals surface area contributed by atoms with Gasteiger partial charge in [-0.15, -0.1) is 0 Å². The number of aliphatic hydroxyl groups is 15. The molecule has 5 heterocycles. The molecule has 34 nitrogen and oxygen atoms in total. The van der Waals surface area contributed by atoms with Crippen LogP contribution in [0.3, 0.4) is 0 Å². The van der Waals surface area contributed by atoms with Gasteiger partial charge in [-0.25, -0.2) is 4.79 Å². The number of carboxylic acid groups (broad SMARTS) is 1. The number of hydrogen-bond acceptors (Lipinski definition) is 33. The standard InChI is InChI=1S/C72H106O34/c1-29-56(102-63-52(86)48(82)45(79)39(25-73)98-63)51(85)55(89)62(96-29)105-60-59(104-65-54(88)50(84)47(81)41(100-65)27-95-31(3)76)57(101-43(78)15-11-32-10-13-37(93-8)38(22-32)94-9)30(2)97-66(60)106-61(90)44-34-16-17-70(7)42(69(34,6)24-36(77)58(44)103-64-53(87)49(83)46(80)40(26-74)99-64)14-12-33-35-23-68(4,5)18-19-71(35,67(91)92)20-21-72(33,70)28-75/h10-13,15,22,29-30,34-36,39-42,44-60,62-66,73-75,77,79-89H,14,16-21,23-28H2,1-9H3,(H,91,92)/b15-11+/t29-,30+,34?,35-,36-,39-,40-,41+,42+,44?,45-,46-,47+,48+,49+,50-,51-,52-,53-,54+,55+,56-,57-,58-,59-,60+,62-,63+,64?,65-,66-,69-,70+,71?,72-/m0/s1. The summed E-state index contributed by atoms with van der Waals surface area (Å²) in [5.74, 6) is -7.13. The van der Waals surface area contributed by atoms with Crippen molar-refractivity contribution >= 4 is 30.0 Å². The molecule has 0 radical (unpaired) electrons. The first-order valence-electron chi connectivity index (χ1n) is 36.3. The highest BCUT2D eigenvalue weighted by molar-refractivity contribution is 5.87. The second kappa shape index (κ2) is 32.1. The maximum Gasteiger partial charge on any atom is 0.331 e. The molecule has 5 aliphatic heterocycles. The number of esters is 3. The Morgan fingerprint density at radius 2 is 1.09 bits per heavy atom. The van der Waals surface area contributed by atoms with Gasteiger partial charge >= 0.3 is 23.9 Å². The third kappa shape index (κ3) is 14.9. The van der Waals surface area contributed by atoms with Gasteiger partial charge in [0, 0.05) is 18.4 Å². The maximum atomic E-state index is 16.5. The van der Waals surface area contributed by atoms with Gasteiger partial charge in [-0.3, -0.25) is 14.4 Å². The van der Waals surface area contributed by atoms with Gasteiger partial charge in [0.25, 0.3) is 0 Å². The Labute approximate surface area is 611 Å². The summed E-state index contributed by atoms with van der Waals surface area (Å²) in [5.41, 5.74) is -3.12. The number of aliphatic carboxylic acids is 1. The molecule has 35 atom stereocenters. The fraction of sp³-hybridized carbons (Fsp3) is 0.806. The number of fused-ring (bicyclic) bond motifs is 7. The number of carboxylic acids is 1. The number of aliphatic hydroxyl groups excluding tert-OH is 15. The number of benzene rings is 1. The smallest absolute Gasteiger partial charge is 0.331 e. The van der Waals surface area contributed by atoms with Crippen molar-refractivity contribution in [2.24, 2.45) is 50.7 Å².